The fourth-order valence-electron chi connectivity index (χ4n) is 0. The molecule has 0 bridgehead atoms. The van der Waals surface area contributed by atoms with Gasteiger partial charge >= 0.3 is 0 Å². The molecule has 0 spiro atoms. The van der Waals surface area contributed by atoms with Crippen LogP contribution in [0.25, 0.3) is 0 Å². The van der Waals surface area contributed by atoms with Gasteiger partial charge in [0.2, 0.25) is 0 Å². The van der Waals surface area contributed by atoms with Crippen LogP contribution in [0.2, 0.25) is 0 Å². The molecule has 0 atom stereocenters. The van der Waals surface area contributed by atoms with Gasteiger partial charge in [0.15, 0.2) is 0 Å². The molecule has 4 heavy (non-hydrogen) atoms. The minimum absolute atomic E-state index is 0. The molecule has 0 nitrogen and oxygen atoms in total. The molecule has 0 aromatic rings. The van der Waals surface area contributed by atoms with Crippen LogP contribution in [-0.4, -0.2) is 0 Å². The van der Waals surface area contributed by atoms with Gasteiger partial charge in [0.05, 0.1) is 0 Å². The Morgan fingerprint density at radius 3 is 1.00 bits per heavy atom. The molecule has 0 saturated heterocycles. The Bertz CT molecular complexity index is 8.00. The van der Waals surface area contributed by atoms with Gasteiger partial charge in [-0.2, -0.15) is 0 Å². The van der Waals surface area contributed by atoms with Crippen LogP contribution in [-0.2, 0) is 53.6 Å². The summed E-state index contributed by atoms with van der Waals surface area (Å²) in [5.41, 5.74) is 0. The topological polar surface area (TPSA) is 0 Å². The zero-order valence-electron chi connectivity index (χ0n) is 1.76. The minimum atomic E-state index is 0. The zero-order valence-corrected chi connectivity index (χ0v) is 6.85. The number of rotatable bonds is 0. The zero-order chi connectivity index (χ0) is 0. The van der Waals surface area contributed by atoms with Crippen molar-refractivity contribution in [1.82, 2.24) is 0 Å². The first-order valence-electron chi connectivity index (χ1n) is 0. The van der Waals surface area contributed by atoms with Crippen molar-refractivity contribution in [2.45, 2.75) is 0 Å². The summed E-state index contributed by atoms with van der Waals surface area (Å²) in [6, 6.07) is 0. The Morgan fingerprint density at radius 1 is 1.00 bits per heavy atom. The second-order valence-electron chi connectivity index (χ2n) is 0. The summed E-state index contributed by atoms with van der Waals surface area (Å²) in [5, 5.41) is 0. The Balaban J connectivity index is 0. The first-order chi connectivity index (χ1) is 0. The Morgan fingerprint density at radius 2 is 1.00 bits per heavy atom. The van der Waals surface area contributed by atoms with Gasteiger partial charge in [-0.05, 0) is 0 Å². The van der Waals surface area contributed by atoms with E-state index in [1.165, 1.54) is 0 Å². The normalized spacial score (nSPS) is 0. The Hall–Kier alpha value is 1.59. The second-order valence-corrected chi connectivity index (χ2v) is 0. The molecule has 0 aromatic heterocycles. The molecule has 3 radical (unpaired) electrons. The quantitative estimate of drug-likeness (QED) is 0.500. The molecule has 4 heteroatoms. The third-order valence-electron chi connectivity index (χ3n) is 0. The van der Waals surface area contributed by atoms with Crippen molar-refractivity contribution in [3.8, 4) is 0 Å². The van der Waals surface area contributed by atoms with Gasteiger partial charge in [-0.15, -0.1) is 0 Å². The van der Waals surface area contributed by atoms with Crippen molar-refractivity contribution < 1.29 is 58.3 Å². The molecule has 0 aliphatic heterocycles. The van der Waals surface area contributed by atoms with Gasteiger partial charge in [0.25, 0.3) is 0 Å². The van der Waals surface area contributed by atoms with Crippen molar-refractivity contribution in [1.29, 1.82) is 0 Å². The van der Waals surface area contributed by atoms with E-state index in [2.05, 4.69) is 0 Å². The van der Waals surface area contributed by atoms with Crippen LogP contribution in [0.1, 0.15) is 0 Å². The summed E-state index contributed by atoms with van der Waals surface area (Å²) in [7, 11) is 0. The first kappa shape index (κ1) is 46.5. The van der Waals surface area contributed by atoms with E-state index < -0.39 is 0 Å². The molecule has 0 N–H and O–H groups in total. The predicted octanol–water partition coefficient (Wildman–Crippen LogP) is 0.413. The smallest absolute Gasteiger partial charge is 0 e. The van der Waals surface area contributed by atoms with Crippen LogP contribution in [0.15, 0.2) is 0 Å². The fourth-order valence-corrected chi connectivity index (χ4v) is 0. The first-order valence-corrected chi connectivity index (χ1v) is 0. The molecule has 0 aromatic carbocycles. The molecule has 27 valence electrons. The number of hydrogen-bond acceptors (Lipinski definition) is 0. The molecular formula is CuFMnZn. The molecule has 0 unspecified atom stereocenters. The SMILES string of the molecule is [Cu].[F].[Mn].[Zn]. The van der Waals surface area contributed by atoms with E-state index in [1.54, 1.807) is 0 Å². The molecule has 0 amide bonds. The van der Waals surface area contributed by atoms with Crippen molar-refractivity contribution >= 4 is 0 Å². The van der Waals surface area contributed by atoms with Gasteiger partial charge in [0.1, 0.15) is 0 Å². The maximum absolute atomic E-state index is 0. The summed E-state index contributed by atoms with van der Waals surface area (Å²) in [4.78, 5) is 0. The minimum Gasteiger partial charge on any atom is 0 e. The van der Waals surface area contributed by atoms with E-state index in [-0.39, 0.29) is 58.3 Å². The molecule has 0 heterocycles. The van der Waals surface area contributed by atoms with Crippen LogP contribution in [0, 0.1) is 0 Å². The monoisotopic (exact) mass is 201 g/mol. The van der Waals surface area contributed by atoms with Gasteiger partial charge in [0, 0.05) is 58.3 Å². The number of halogens is 1. The van der Waals surface area contributed by atoms with Crippen LogP contribution >= 0.6 is 0 Å². The van der Waals surface area contributed by atoms with Gasteiger partial charge in [-0.25, -0.2) is 0 Å². The summed E-state index contributed by atoms with van der Waals surface area (Å²) in [6.45, 7) is 0. The van der Waals surface area contributed by atoms with E-state index in [0.29, 0.717) is 0 Å². The molecular weight excluding hydrogens is 203 g/mol. The van der Waals surface area contributed by atoms with Crippen molar-refractivity contribution in [3.63, 3.8) is 0 Å². The molecule has 0 aliphatic rings. The Kier molecular flexibility index (Phi) is 272. The summed E-state index contributed by atoms with van der Waals surface area (Å²) < 4.78 is 0. The number of hydrogen-bond donors (Lipinski definition) is 0. The van der Waals surface area contributed by atoms with Crippen molar-refractivity contribution in [2.24, 2.45) is 0 Å². The van der Waals surface area contributed by atoms with Gasteiger partial charge in [-0.1, -0.05) is 0 Å². The molecule has 0 fully saturated rings. The van der Waals surface area contributed by atoms with Gasteiger partial charge in [-0.3, -0.25) is 0 Å². The average molecular weight is 203 g/mol. The standard InChI is InChI=1S/Cu.F.Mn.Zn. The van der Waals surface area contributed by atoms with Gasteiger partial charge < -0.3 is 0 Å². The summed E-state index contributed by atoms with van der Waals surface area (Å²) in [6.07, 6.45) is 0. The fraction of sp³-hybridized carbons (Fsp3) is 0. The summed E-state index contributed by atoms with van der Waals surface area (Å²) >= 11 is 0. The third-order valence-corrected chi connectivity index (χ3v) is 0. The third kappa shape index (κ3) is 9.52. The predicted molar refractivity (Wildman–Crippen MR) is 1.11 cm³/mol. The molecule has 0 rings (SSSR count). The maximum Gasteiger partial charge on any atom is 0 e. The van der Waals surface area contributed by atoms with Crippen molar-refractivity contribution in [3.05, 3.63) is 0 Å². The average Bonchev–Trinajstić information content (AvgIpc) is 0. The van der Waals surface area contributed by atoms with E-state index in [4.69, 9.17) is 0 Å². The summed E-state index contributed by atoms with van der Waals surface area (Å²) in [5.74, 6) is 0. The Labute approximate surface area is 58.2 Å². The van der Waals surface area contributed by atoms with Crippen LogP contribution < -0.4 is 0 Å². The van der Waals surface area contributed by atoms with E-state index in [9.17, 15) is 0 Å². The largest absolute Gasteiger partial charge is 0 e. The van der Waals surface area contributed by atoms with Crippen LogP contribution in [0.5, 0.6) is 0 Å². The molecule has 0 saturated carbocycles. The maximum atomic E-state index is 0. The van der Waals surface area contributed by atoms with E-state index in [0.717, 1.165) is 0 Å². The van der Waals surface area contributed by atoms with Crippen LogP contribution in [0.4, 0.5) is 4.70 Å². The van der Waals surface area contributed by atoms with Crippen molar-refractivity contribution in [2.75, 3.05) is 0 Å². The second kappa shape index (κ2) is 23.4. The van der Waals surface area contributed by atoms with Crippen LogP contribution in [0.3, 0.4) is 0 Å². The van der Waals surface area contributed by atoms with E-state index in [1.807, 2.05) is 0 Å². The molecule has 0 aliphatic carbocycles. The van der Waals surface area contributed by atoms with E-state index >= 15 is 0 Å².